The van der Waals surface area contributed by atoms with E-state index in [0.717, 1.165) is 19.4 Å². The van der Waals surface area contributed by atoms with Crippen molar-refractivity contribution in [2.24, 2.45) is 0 Å². The van der Waals surface area contributed by atoms with Gasteiger partial charge in [-0.1, -0.05) is 11.6 Å². The van der Waals surface area contributed by atoms with Crippen molar-refractivity contribution in [1.82, 2.24) is 0 Å². The monoisotopic (exact) mass is 269 g/mol. The summed E-state index contributed by atoms with van der Waals surface area (Å²) in [5.74, 6) is -0.988. The lowest BCUT2D eigenvalue weighted by atomic mass is 10.0. The standard InChI is InChI=1S/C13H16ClNO3/c1-13(5-2-6-18-13)8-15-11-4-3-9(14)7-10(11)12(16)17/h3-4,7,15H,2,5-6,8H2,1H3,(H,16,17). The lowest BCUT2D eigenvalue weighted by Crippen LogP contribution is -2.32. The summed E-state index contributed by atoms with van der Waals surface area (Å²) in [4.78, 5) is 11.1. The fraction of sp³-hybridized carbons (Fsp3) is 0.462. The summed E-state index contributed by atoms with van der Waals surface area (Å²) >= 11 is 5.80. The van der Waals surface area contributed by atoms with Gasteiger partial charge in [0.25, 0.3) is 0 Å². The Morgan fingerprint density at radius 1 is 1.61 bits per heavy atom. The van der Waals surface area contributed by atoms with Crippen molar-refractivity contribution in [2.75, 3.05) is 18.5 Å². The molecule has 18 heavy (non-hydrogen) atoms. The largest absolute Gasteiger partial charge is 0.478 e. The SMILES string of the molecule is CC1(CNc2ccc(Cl)cc2C(=O)O)CCCO1. The van der Waals surface area contributed by atoms with Crippen molar-refractivity contribution in [3.05, 3.63) is 28.8 Å². The second-order valence-electron chi connectivity index (χ2n) is 4.75. The number of aromatic carboxylic acids is 1. The number of benzene rings is 1. The Balaban J connectivity index is 2.11. The number of rotatable bonds is 4. The summed E-state index contributed by atoms with van der Waals surface area (Å²) in [7, 11) is 0. The van der Waals surface area contributed by atoms with Crippen LogP contribution in [0.15, 0.2) is 18.2 Å². The van der Waals surface area contributed by atoms with Gasteiger partial charge in [0, 0.05) is 23.9 Å². The Morgan fingerprint density at radius 2 is 2.39 bits per heavy atom. The lowest BCUT2D eigenvalue weighted by Gasteiger charge is -2.24. The molecular formula is C13H16ClNO3. The van der Waals surface area contributed by atoms with Gasteiger partial charge in [0.2, 0.25) is 0 Å². The van der Waals surface area contributed by atoms with Gasteiger partial charge in [-0.2, -0.15) is 0 Å². The van der Waals surface area contributed by atoms with E-state index in [9.17, 15) is 4.79 Å². The smallest absolute Gasteiger partial charge is 0.337 e. The van der Waals surface area contributed by atoms with Gasteiger partial charge in [0.15, 0.2) is 0 Å². The molecular weight excluding hydrogens is 254 g/mol. The molecule has 5 heteroatoms. The number of anilines is 1. The highest BCUT2D eigenvalue weighted by Gasteiger charge is 2.29. The van der Waals surface area contributed by atoms with E-state index in [0.29, 0.717) is 17.3 Å². The minimum atomic E-state index is -0.988. The third-order valence-corrected chi connectivity index (χ3v) is 3.40. The molecule has 0 saturated carbocycles. The number of nitrogens with one attached hydrogen (secondary N) is 1. The summed E-state index contributed by atoms with van der Waals surface area (Å²) in [5, 5.41) is 12.7. The molecule has 1 atom stereocenters. The molecule has 0 radical (unpaired) electrons. The minimum Gasteiger partial charge on any atom is -0.478 e. The quantitative estimate of drug-likeness (QED) is 0.882. The number of hydrogen-bond donors (Lipinski definition) is 2. The van der Waals surface area contributed by atoms with Crippen LogP contribution in [0.5, 0.6) is 0 Å². The van der Waals surface area contributed by atoms with Gasteiger partial charge in [-0.15, -0.1) is 0 Å². The van der Waals surface area contributed by atoms with Gasteiger partial charge in [0.05, 0.1) is 11.2 Å². The van der Waals surface area contributed by atoms with Crippen LogP contribution in [0.2, 0.25) is 5.02 Å². The van der Waals surface area contributed by atoms with Gasteiger partial charge in [0.1, 0.15) is 0 Å². The average molecular weight is 270 g/mol. The molecule has 4 nitrogen and oxygen atoms in total. The van der Waals surface area contributed by atoms with E-state index in [1.165, 1.54) is 6.07 Å². The first-order valence-corrected chi connectivity index (χ1v) is 6.29. The molecule has 1 fully saturated rings. The first kappa shape index (κ1) is 13.2. The van der Waals surface area contributed by atoms with E-state index in [4.69, 9.17) is 21.4 Å². The van der Waals surface area contributed by atoms with E-state index < -0.39 is 5.97 Å². The van der Waals surface area contributed by atoms with Crippen LogP contribution in [0.3, 0.4) is 0 Å². The highest BCUT2D eigenvalue weighted by molar-refractivity contribution is 6.31. The number of halogens is 1. The van der Waals surface area contributed by atoms with Crippen molar-refractivity contribution < 1.29 is 14.6 Å². The molecule has 1 saturated heterocycles. The average Bonchev–Trinajstić information content (AvgIpc) is 2.75. The van der Waals surface area contributed by atoms with Crippen molar-refractivity contribution in [1.29, 1.82) is 0 Å². The summed E-state index contributed by atoms with van der Waals surface area (Å²) in [6.07, 6.45) is 2.03. The summed E-state index contributed by atoms with van der Waals surface area (Å²) < 4.78 is 5.65. The second-order valence-corrected chi connectivity index (χ2v) is 5.19. The van der Waals surface area contributed by atoms with E-state index in [-0.39, 0.29) is 11.2 Å². The Kier molecular flexibility index (Phi) is 3.78. The molecule has 0 amide bonds. The molecule has 0 spiro atoms. The van der Waals surface area contributed by atoms with Crippen LogP contribution in [-0.2, 0) is 4.74 Å². The predicted octanol–water partition coefficient (Wildman–Crippen LogP) is 3.02. The van der Waals surface area contributed by atoms with E-state index in [2.05, 4.69) is 5.32 Å². The van der Waals surface area contributed by atoms with Crippen LogP contribution in [0.25, 0.3) is 0 Å². The van der Waals surface area contributed by atoms with E-state index >= 15 is 0 Å². The molecule has 0 aliphatic carbocycles. The fourth-order valence-electron chi connectivity index (χ4n) is 2.11. The number of carbonyl (C=O) groups is 1. The Hall–Kier alpha value is -1.26. The zero-order valence-electron chi connectivity index (χ0n) is 10.2. The van der Waals surface area contributed by atoms with Crippen LogP contribution < -0.4 is 5.32 Å². The first-order chi connectivity index (χ1) is 8.50. The summed E-state index contributed by atoms with van der Waals surface area (Å²) in [5.41, 5.74) is 0.544. The van der Waals surface area contributed by atoms with Gasteiger partial charge in [-0.05, 0) is 38.0 Å². The van der Waals surface area contributed by atoms with Crippen LogP contribution in [0.4, 0.5) is 5.69 Å². The van der Waals surface area contributed by atoms with Gasteiger partial charge >= 0.3 is 5.97 Å². The normalized spacial score (nSPS) is 23.0. The Bertz CT molecular complexity index is 456. The summed E-state index contributed by atoms with van der Waals surface area (Å²) in [6, 6.07) is 4.81. The second kappa shape index (κ2) is 5.16. The van der Waals surface area contributed by atoms with Gasteiger partial charge in [-0.25, -0.2) is 4.79 Å². The van der Waals surface area contributed by atoms with Crippen molar-refractivity contribution in [2.45, 2.75) is 25.4 Å². The zero-order valence-corrected chi connectivity index (χ0v) is 11.0. The molecule has 1 aliphatic heterocycles. The van der Waals surface area contributed by atoms with Crippen molar-refractivity contribution >= 4 is 23.3 Å². The lowest BCUT2D eigenvalue weighted by molar-refractivity contribution is 0.0314. The molecule has 0 bridgehead atoms. The molecule has 1 heterocycles. The fourth-order valence-corrected chi connectivity index (χ4v) is 2.28. The molecule has 1 unspecified atom stereocenters. The maximum absolute atomic E-state index is 11.1. The van der Waals surface area contributed by atoms with Crippen LogP contribution in [0, 0.1) is 0 Å². The number of hydrogen-bond acceptors (Lipinski definition) is 3. The topological polar surface area (TPSA) is 58.6 Å². The first-order valence-electron chi connectivity index (χ1n) is 5.91. The van der Waals surface area contributed by atoms with Gasteiger partial charge < -0.3 is 15.2 Å². The van der Waals surface area contributed by atoms with E-state index in [1.54, 1.807) is 12.1 Å². The van der Waals surface area contributed by atoms with Crippen LogP contribution >= 0.6 is 11.6 Å². The zero-order chi connectivity index (χ0) is 13.2. The number of carboxylic acids is 1. The molecule has 98 valence electrons. The molecule has 1 aromatic carbocycles. The highest BCUT2D eigenvalue weighted by atomic mass is 35.5. The van der Waals surface area contributed by atoms with Crippen molar-refractivity contribution in [3.63, 3.8) is 0 Å². The molecule has 1 aliphatic rings. The molecule has 1 aromatic rings. The minimum absolute atomic E-state index is 0.184. The molecule has 2 N–H and O–H groups in total. The third-order valence-electron chi connectivity index (χ3n) is 3.17. The van der Waals surface area contributed by atoms with Crippen LogP contribution in [-0.4, -0.2) is 29.8 Å². The highest BCUT2D eigenvalue weighted by Crippen LogP contribution is 2.27. The number of ether oxygens (including phenoxy) is 1. The third kappa shape index (κ3) is 2.94. The number of carboxylic acid groups (broad SMARTS) is 1. The Labute approximate surface area is 111 Å². The van der Waals surface area contributed by atoms with E-state index in [1.807, 2.05) is 6.92 Å². The maximum atomic E-state index is 11.1. The van der Waals surface area contributed by atoms with Gasteiger partial charge in [-0.3, -0.25) is 0 Å². The summed E-state index contributed by atoms with van der Waals surface area (Å²) in [6.45, 7) is 3.39. The predicted molar refractivity (Wildman–Crippen MR) is 70.5 cm³/mol. The molecule has 0 aromatic heterocycles. The molecule has 2 rings (SSSR count). The van der Waals surface area contributed by atoms with Crippen molar-refractivity contribution in [3.8, 4) is 0 Å². The van der Waals surface area contributed by atoms with Crippen LogP contribution in [0.1, 0.15) is 30.1 Å². The Morgan fingerprint density at radius 3 is 3.00 bits per heavy atom. The maximum Gasteiger partial charge on any atom is 0.337 e.